The summed E-state index contributed by atoms with van der Waals surface area (Å²) in [7, 11) is 0. The van der Waals surface area contributed by atoms with Crippen LogP contribution in [-0.4, -0.2) is 36.5 Å². The molecule has 1 N–H and O–H groups in total. The van der Waals surface area contributed by atoms with E-state index in [1.165, 1.54) is 12.0 Å². The van der Waals surface area contributed by atoms with Gasteiger partial charge in [-0.05, 0) is 42.8 Å². The van der Waals surface area contributed by atoms with Crippen molar-refractivity contribution in [2.24, 2.45) is 0 Å². The number of benzene rings is 1. The van der Waals surface area contributed by atoms with Crippen LogP contribution in [0.1, 0.15) is 23.3 Å². The van der Waals surface area contributed by atoms with Crippen molar-refractivity contribution in [2.45, 2.75) is 31.7 Å². The van der Waals surface area contributed by atoms with Crippen molar-refractivity contribution in [3.63, 3.8) is 0 Å². The highest BCUT2D eigenvalue weighted by Crippen LogP contribution is 2.13. The van der Waals surface area contributed by atoms with Crippen LogP contribution in [0.25, 0.3) is 0 Å². The highest BCUT2D eigenvalue weighted by Gasteiger charge is 2.21. The molecular formula is C19H24N2OS. The van der Waals surface area contributed by atoms with E-state index >= 15 is 0 Å². The van der Waals surface area contributed by atoms with E-state index in [2.05, 4.69) is 40.5 Å². The van der Waals surface area contributed by atoms with Gasteiger partial charge in [-0.15, -0.1) is 11.3 Å². The third kappa shape index (κ3) is 5.19. The molecule has 3 rings (SSSR count). The van der Waals surface area contributed by atoms with E-state index in [1.807, 2.05) is 17.5 Å². The van der Waals surface area contributed by atoms with Gasteiger partial charge in [0.15, 0.2) is 0 Å². The molecule has 23 heavy (non-hydrogen) atoms. The number of carbonyl (C=O) groups excluding carboxylic acids is 1. The molecule has 1 amide bonds. The van der Waals surface area contributed by atoms with Crippen LogP contribution in [-0.2, 0) is 17.6 Å². The van der Waals surface area contributed by atoms with Crippen molar-refractivity contribution in [1.29, 1.82) is 0 Å². The number of carbonyl (C=O) groups is 1. The molecule has 122 valence electrons. The second kappa shape index (κ2) is 8.27. The van der Waals surface area contributed by atoms with Crippen LogP contribution < -0.4 is 5.32 Å². The monoisotopic (exact) mass is 328 g/mol. The third-order valence-corrected chi connectivity index (χ3v) is 5.22. The van der Waals surface area contributed by atoms with Crippen molar-refractivity contribution in [3.8, 4) is 0 Å². The van der Waals surface area contributed by atoms with Gasteiger partial charge in [0.2, 0.25) is 5.91 Å². The van der Waals surface area contributed by atoms with Crippen LogP contribution in [0.3, 0.4) is 0 Å². The van der Waals surface area contributed by atoms with Crippen LogP contribution in [0.5, 0.6) is 0 Å². The Labute approximate surface area is 142 Å². The Hall–Kier alpha value is -1.65. The average Bonchev–Trinajstić information content (AvgIpc) is 3.07. The zero-order valence-corrected chi connectivity index (χ0v) is 14.2. The molecule has 0 radical (unpaired) electrons. The summed E-state index contributed by atoms with van der Waals surface area (Å²) in [6, 6.07) is 14.9. The predicted molar refractivity (Wildman–Crippen MR) is 95.8 cm³/mol. The molecule has 2 aromatic rings. The Morgan fingerprint density at radius 1 is 1.22 bits per heavy atom. The largest absolute Gasteiger partial charge is 0.352 e. The maximum atomic E-state index is 12.1. The third-order valence-electron chi connectivity index (χ3n) is 4.35. The maximum absolute atomic E-state index is 12.1. The number of piperidine rings is 1. The van der Waals surface area contributed by atoms with Gasteiger partial charge in [0.05, 0.1) is 6.42 Å². The minimum Gasteiger partial charge on any atom is -0.352 e. The first-order valence-electron chi connectivity index (χ1n) is 8.37. The Bertz CT molecular complexity index is 597. The minimum absolute atomic E-state index is 0.155. The van der Waals surface area contributed by atoms with E-state index < -0.39 is 0 Å². The summed E-state index contributed by atoms with van der Waals surface area (Å²) in [5.41, 5.74) is 1.39. The molecular weight excluding hydrogens is 304 g/mol. The van der Waals surface area contributed by atoms with E-state index in [1.54, 1.807) is 11.3 Å². The first-order valence-corrected chi connectivity index (χ1v) is 9.25. The summed E-state index contributed by atoms with van der Waals surface area (Å²) in [5.74, 6) is 0.155. The lowest BCUT2D eigenvalue weighted by atomic mass is 10.0. The van der Waals surface area contributed by atoms with Gasteiger partial charge in [0.25, 0.3) is 0 Å². The standard InChI is InChI=1S/C19H24N2OS/c22-19(14-18-9-5-13-23-18)20-17-8-4-11-21(15-17)12-10-16-6-2-1-3-7-16/h1-3,5-7,9,13,17H,4,8,10-12,14-15H2,(H,20,22). The van der Waals surface area contributed by atoms with E-state index in [-0.39, 0.29) is 5.91 Å². The average molecular weight is 328 g/mol. The Morgan fingerprint density at radius 3 is 2.87 bits per heavy atom. The number of nitrogens with zero attached hydrogens (tertiary/aromatic N) is 1. The van der Waals surface area contributed by atoms with Crippen molar-refractivity contribution < 1.29 is 4.79 Å². The number of thiophene rings is 1. The van der Waals surface area contributed by atoms with Crippen LogP contribution in [0.4, 0.5) is 0 Å². The summed E-state index contributed by atoms with van der Waals surface area (Å²) < 4.78 is 0. The molecule has 1 aliphatic rings. The molecule has 0 aliphatic carbocycles. The molecule has 1 unspecified atom stereocenters. The highest BCUT2D eigenvalue weighted by atomic mass is 32.1. The molecule has 1 atom stereocenters. The fourth-order valence-electron chi connectivity index (χ4n) is 3.16. The van der Waals surface area contributed by atoms with Gasteiger partial charge in [-0.25, -0.2) is 0 Å². The Balaban J connectivity index is 1.43. The van der Waals surface area contributed by atoms with Crippen molar-refractivity contribution >= 4 is 17.2 Å². The number of hydrogen-bond donors (Lipinski definition) is 1. The van der Waals surface area contributed by atoms with Crippen LogP contribution in [0.15, 0.2) is 47.8 Å². The summed E-state index contributed by atoms with van der Waals surface area (Å²) in [4.78, 5) is 15.8. The molecule has 1 aliphatic heterocycles. The van der Waals surface area contributed by atoms with Gasteiger partial charge in [0.1, 0.15) is 0 Å². The summed E-state index contributed by atoms with van der Waals surface area (Å²) in [6.45, 7) is 3.19. The van der Waals surface area contributed by atoms with E-state index in [9.17, 15) is 4.79 Å². The lowest BCUT2D eigenvalue weighted by molar-refractivity contribution is -0.121. The first-order chi connectivity index (χ1) is 11.3. The molecule has 0 bridgehead atoms. The number of likely N-dealkylation sites (tertiary alicyclic amines) is 1. The Kier molecular flexibility index (Phi) is 5.83. The summed E-state index contributed by atoms with van der Waals surface area (Å²) in [6.07, 6.45) is 3.85. The van der Waals surface area contributed by atoms with E-state index in [0.717, 1.165) is 37.4 Å². The number of hydrogen-bond acceptors (Lipinski definition) is 3. The van der Waals surface area contributed by atoms with Crippen LogP contribution >= 0.6 is 11.3 Å². The predicted octanol–water partition coefficient (Wildman–Crippen LogP) is 3.11. The number of amides is 1. The highest BCUT2D eigenvalue weighted by molar-refractivity contribution is 7.10. The molecule has 2 heterocycles. The Morgan fingerprint density at radius 2 is 2.09 bits per heavy atom. The zero-order chi connectivity index (χ0) is 15.9. The van der Waals surface area contributed by atoms with Crippen molar-refractivity contribution in [3.05, 3.63) is 58.3 Å². The summed E-state index contributed by atoms with van der Waals surface area (Å²) in [5, 5.41) is 5.23. The lowest BCUT2D eigenvalue weighted by Crippen LogP contribution is -2.48. The first kappa shape index (κ1) is 16.2. The van der Waals surface area contributed by atoms with Crippen LogP contribution in [0.2, 0.25) is 0 Å². The molecule has 4 heteroatoms. The van der Waals surface area contributed by atoms with Gasteiger partial charge >= 0.3 is 0 Å². The smallest absolute Gasteiger partial charge is 0.225 e. The van der Waals surface area contributed by atoms with Gasteiger partial charge in [-0.1, -0.05) is 36.4 Å². The normalized spacial score (nSPS) is 18.7. The van der Waals surface area contributed by atoms with Gasteiger partial charge in [-0.2, -0.15) is 0 Å². The molecule has 1 aromatic carbocycles. The fourth-order valence-corrected chi connectivity index (χ4v) is 3.86. The SMILES string of the molecule is O=C(Cc1cccs1)NC1CCCN(CCc2ccccc2)C1. The number of nitrogens with one attached hydrogen (secondary N) is 1. The fraction of sp³-hybridized carbons (Fsp3) is 0.421. The van der Waals surface area contributed by atoms with Crippen molar-refractivity contribution in [1.82, 2.24) is 10.2 Å². The molecule has 1 aromatic heterocycles. The van der Waals surface area contributed by atoms with Crippen LogP contribution in [0, 0.1) is 0 Å². The lowest BCUT2D eigenvalue weighted by Gasteiger charge is -2.33. The molecule has 3 nitrogen and oxygen atoms in total. The minimum atomic E-state index is 0.155. The van der Waals surface area contributed by atoms with E-state index in [4.69, 9.17) is 0 Å². The quantitative estimate of drug-likeness (QED) is 0.884. The molecule has 1 saturated heterocycles. The van der Waals surface area contributed by atoms with Gasteiger partial charge in [-0.3, -0.25) is 4.79 Å². The molecule has 1 fully saturated rings. The van der Waals surface area contributed by atoms with Gasteiger partial charge < -0.3 is 10.2 Å². The second-order valence-electron chi connectivity index (χ2n) is 6.20. The molecule has 0 spiro atoms. The topological polar surface area (TPSA) is 32.3 Å². The molecule has 0 saturated carbocycles. The van der Waals surface area contributed by atoms with Crippen molar-refractivity contribution in [2.75, 3.05) is 19.6 Å². The van der Waals surface area contributed by atoms with E-state index in [0.29, 0.717) is 12.5 Å². The van der Waals surface area contributed by atoms with Gasteiger partial charge in [0, 0.05) is 24.0 Å². The number of rotatable bonds is 6. The zero-order valence-electron chi connectivity index (χ0n) is 13.4. The maximum Gasteiger partial charge on any atom is 0.225 e. The second-order valence-corrected chi connectivity index (χ2v) is 7.23. The summed E-state index contributed by atoms with van der Waals surface area (Å²) >= 11 is 1.65.